The first-order valence-electron chi connectivity index (χ1n) is 14.4. The quantitative estimate of drug-likeness (QED) is 0.221. The van der Waals surface area contributed by atoms with E-state index in [1.54, 1.807) is 49.4 Å². The second-order valence-corrected chi connectivity index (χ2v) is 13.9. The van der Waals surface area contributed by atoms with E-state index in [0.717, 1.165) is 11.1 Å². The van der Waals surface area contributed by atoms with Gasteiger partial charge in [0.05, 0.1) is 23.5 Å². The van der Waals surface area contributed by atoms with Gasteiger partial charge < -0.3 is 10.4 Å². The van der Waals surface area contributed by atoms with Crippen LogP contribution in [0.1, 0.15) is 66.7 Å². The number of thiol groups is 1. The first kappa shape index (κ1) is 32.0. The number of carbonyl (C=O) groups excluding carboxylic acids is 1. The van der Waals surface area contributed by atoms with E-state index in [4.69, 9.17) is 23.2 Å². The molecule has 2 aliphatic rings. The van der Waals surface area contributed by atoms with Crippen LogP contribution in [0, 0.1) is 22.7 Å². The van der Waals surface area contributed by atoms with Gasteiger partial charge >= 0.3 is 5.97 Å². The van der Waals surface area contributed by atoms with Crippen LogP contribution in [0.5, 0.6) is 0 Å². The number of carboxylic acids is 1. The average molecular weight is 655 g/mol. The number of piperidine rings is 1. The first-order chi connectivity index (χ1) is 21.0. The molecule has 0 bridgehead atoms. The molecule has 11 heteroatoms. The van der Waals surface area contributed by atoms with E-state index in [9.17, 15) is 28.4 Å². The number of hydrogen-bond acceptors (Lipinski definition) is 5. The van der Waals surface area contributed by atoms with Crippen LogP contribution in [-0.2, 0) is 27.0 Å². The highest BCUT2D eigenvalue weighted by Gasteiger charge is 2.51. The van der Waals surface area contributed by atoms with Gasteiger partial charge in [0.25, 0.3) is 0 Å². The molecule has 6 atom stereocenters. The molecular formula is C33H33Cl2N3O5S. The van der Waals surface area contributed by atoms with Gasteiger partial charge in [0.1, 0.15) is 0 Å². The van der Waals surface area contributed by atoms with Crippen molar-refractivity contribution in [2.75, 3.05) is 0 Å². The van der Waals surface area contributed by atoms with Crippen LogP contribution >= 0.6 is 23.2 Å². The topological polar surface area (TPSA) is 128 Å². The molecule has 2 fully saturated rings. The number of nitriles is 1. The van der Waals surface area contributed by atoms with Crippen molar-refractivity contribution in [2.45, 2.75) is 63.1 Å². The van der Waals surface area contributed by atoms with Crippen LogP contribution in [0.4, 0.5) is 0 Å². The van der Waals surface area contributed by atoms with Crippen LogP contribution in [0.25, 0.3) is 0 Å². The molecule has 3 aromatic carbocycles. The molecular weight excluding hydrogens is 621 g/mol. The maximum Gasteiger partial charge on any atom is 0.304 e. The molecule has 2 unspecified atom stereocenters. The lowest BCUT2D eigenvalue weighted by Gasteiger charge is -2.43. The molecule has 3 aromatic rings. The number of halogens is 2. The Labute approximate surface area is 268 Å². The summed E-state index contributed by atoms with van der Waals surface area (Å²) in [5.74, 6) is -1.78. The Morgan fingerprint density at radius 1 is 1.11 bits per heavy atom. The third kappa shape index (κ3) is 7.10. The number of carboxylic acid groups (broad SMARTS) is 1. The summed E-state index contributed by atoms with van der Waals surface area (Å²) in [6.07, 6.45) is 1.13. The van der Waals surface area contributed by atoms with E-state index in [-0.39, 0.29) is 48.7 Å². The van der Waals surface area contributed by atoms with Crippen molar-refractivity contribution in [2.24, 2.45) is 11.3 Å². The van der Waals surface area contributed by atoms with Crippen molar-refractivity contribution in [1.29, 1.82) is 5.26 Å². The van der Waals surface area contributed by atoms with E-state index < -0.39 is 22.3 Å². The van der Waals surface area contributed by atoms with Crippen LogP contribution < -0.4 is 5.32 Å². The summed E-state index contributed by atoms with van der Waals surface area (Å²) in [4.78, 5) is 25.2. The van der Waals surface area contributed by atoms with Crippen molar-refractivity contribution in [3.05, 3.63) is 105 Å². The van der Waals surface area contributed by atoms with Gasteiger partial charge in [-0.25, -0.2) is 8.42 Å². The highest BCUT2D eigenvalue weighted by Crippen LogP contribution is 2.51. The first-order valence-corrected chi connectivity index (χ1v) is 16.3. The molecule has 230 valence electrons. The van der Waals surface area contributed by atoms with Crippen molar-refractivity contribution in [3.63, 3.8) is 0 Å². The summed E-state index contributed by atoms with van der Waals surface area (Å²) in [6, 6.07) is 23.3. The second kappa shape index (κ2) is 13.3. The largest absolute Gasteiger partial charge is 0.481 e. The fourth-order valence-corrected chi connectivity index (χ4v) is 7.82. The zero-order valence-electron chi connectivity index (χ0n) is 24.0. The molecule has 1 aliphatic heterocycles. The van der Waals surface area contributed by atoms with Crippen molar-refractivity contribution < 1.29 is 23.1 Å². The average Bonchev–Trinajstić information content (AvgIpc) is 3.76. The molecule has 0 spiro atoms. The predicted octanol–water partition coefficient (Wildman–Crippen LogP) is 5.91. The van der Waals surface area contributed by atoms with E-state index in [1.807, 2.05) is 30.3 Å². The van der Waals surface area contributed by atoms with E-state index in [0.29, 0.717) is 40.4 Å². The van der Waals surface area contributed by atoms with Crippen LogP contribution in [0.3, 0.4) is 0 Å². The molecule has 1 saturated carbocycles. The molecule has 44 heavy (non-hydrogen) atoms. The van der Waals surface area contributed by atoms with Gasteiger partial charge in [-0.1, -0.05) is 72.6 Å². The number of hydrogen-bond donors (Lipinski definition) is 3. The minimum atomic E-state index is -2.94. The van der Waals surface area contributed by atoms with Gasteiger partial charge in [0, 0.05) is 34.6 Å². The third-order valence-electron chi connectivity index (χ3n) is 9.03. The molecule has 2 N–H and O–H groups in total. The molecule has 0 aromatic heterocycles. The van der Waals surface area contributed by atoms with Gasteiger partial charge in [0.2, 0.25) is 16.8 Å². The normalized spacial score (nSPS) is 25.3. The lowest BCUT2D eigenvalue weighted by atomic mass is 9.68. The third-order valence-corrected chi connectivity index (χ3v) is 10.4. The Morgan fingerprint density at radius 3 is 2.50 bits per heavy atom. The van der Waals surface area contributed by atoms with Gasteiger partial charge in [-0.15, -0.1) is 0 Å². The molecule has 1 amide bonds. The summed E-state index contributed by atoms with van der Waals surface area (Å²) >= 11 is 12.6. The molecule has 8 nitrogen and oxygen atoms in total. The van der Waals surface area contributed by atoms with Crippen LogP contribution in [0.2, 0.25) is 10.0 Å². The number of aliphatic carboxylic acids is 1. The number of nitrogens with zero attached hydrogens (tertiary/aromatic N) is 2. The lowest BCUT2D eigenvalue weighted by molar-refractivity contribution is -0.147. The number of nitrogens with one attached hydrogen (secondary N) is 1. The van der Waals surface area contributed by atoms with E-state index in [2.05, 4.69) is 11.4 Å². The fraction of sp³-hybridized carbons (Fsp3) is 0.364. The molecule has 1 saturated heterocycles. The standard InChI is InChI=1S/C33H33Cl2N3O5S/c1-33(17-31(39)40)16-28(21-7-4-8-25(35)13-21)29(37-32(33)41)14-26(20-9-11-24(34)12-10-20)27-15-30(27)38(44(42)43)19-23-6-3-2-5-22(23)18-36/h2-13,26-30,44H,14-17,19H2,1H3,(H,37,41)(H,39,40)/t26-,27?,28-,29+,30?,33+/m1/s1. The Kier molecular flexibility index (Phi) is 9.66. The summed E-state index contributed by atoms with van der Waals surface area (Å²) < 4.78 is 26.5. The Hall–Kier alpha value is -3.42. The minimum absolute atomic E-state index is 0.0532. The minimum Gasteiger partial charge on any atom is -0.481 e. The van der Waals surface area contributed by atoms with E-state index in [1.165, 1.54) is 4.31 Å². The SMILES string of the molecule is C[C@@]1(CC(=O)O)C[C@H](c2cccc(Cl)c2)[C@H](C[C@H](c2ccc(Cl)cc2)C2CC2N(Cc2ccccc2C#N)[SH](=O)=O)NC1=O. The highest BCUT2D eigenvalue weighted by atomic mass is 35.5. The molecule has 1 aliphatic carbocycles. The summed E-state index contributed by atoms with van der Waals surface area (Å²) in [7, 11) is -2.94. The zero-order valence-corrected chi connectivity index (χ0v) is 26.4. The van der Waals surface area contributed by atoms with Gasteiger partial charge in [0.15, 0.2) is 0 Å². The van der Waals surface area contributed by atoms with Crippen molar-refractivity contribution >= 4 is 46.0 Å². The Bertz CT molecular complexity index is 1670. The second-order valence-electron chi connectivity index (χ2n) is 12.0. The summed E-state index contributed by atoms with van der Waals surface area (Å²) in [6.45, 7) is 1.77. The van der Waals surface area contributed by atoms with Gasteiger partial charge in [-0.2, -0.15) is 9.57 Å². The van der Waals surface area contributed by atoms with Crippen LogP contribution in [0.15, 0.2) is 72.8 Å². The fourth-order valence-electron chi connectivity index (χ4n) is 6.72. The molecule has 5 rings (SSSR count). The zero-order chi connectivity index (χ0) is 31.6. The molecule has 1 heterocycles. The van der Waals surface area contributed by atoms with Gasteiger partial charge in [-0.3, -0.25) is 9.59 Å². The predicted molar refractivity (Wildman–Crippen MR) is 169 cm³/mol. The Balaban J connectivity index is 1.48. The maximum atomic E-state index is 13.4. The molecule has 0 radical (unpaired) electrons. The lowest BCUT2D eigenvalue weighted by Crippen LogP contribution is -2.54. The number of rotatable bonds is 11. The number of benzene rings is 3. The smallest absolute Gasteiger partial charge is 0.304 e. The highest BCUT2D eigenvalue weighted by molar-refractivity contribution is 7.69. The summed E-state index contributed by atoms with van der Waals surface area (Å²) in [5.41, 5.74) is 1.83. The van der Waals surface area contributed by atoms with Gasteiger partial charge in [-0.05, 0) is 78.1 Å². The number of carbonyl (C=O) groups is 2. The van der Waals surface area contributed by atoms with Crippen molar-refractivity contribution in [3.8, 4) is 6.07 Å². The maximum absolute atomic E-state index is 13.4. The van der Waals surface area contributed by atoms with Crippen molar-refractivity contribution in [1.82, 2.24) is 9.62 Å². The number of amides is 1. The van der Waals surface area contributed by atoms with Crippen LogP contribution in [-0.4, -0.2) is 41.8 Å². The summed E-state index contributed by atoms with van der Waals surface area (Å²) in [5, 5.41) is 23.4. The Morgan fingerprint density at radius 2 is 1.84 bits per heavy atom. The monoisotopic (exact) mass is 653 g/mol. The van der Waals surface area contributed by atoms with E-state index >= 15 is 0 Å².